The molecule has 126 valence electrons. The lowest BCUT2D eigenvalue weighted by Crippen LogP contribution is -2.32. The molecule has 7 heteroatoms. The van der Waals surface area contributed by atoms with E-state index in [1.165, 1.54) is 30.0 Å². The van der Waals surface area contributed by atoms with Crippen molar-refractivity contribution in [2.75, 3.05) is 16.8 Å². The first-order valence-corrected chi connectivity index (χ1v) is 7.91. The molecule has 2 amide bonds. The third-order valence-corrected chi connectivity index (χ3v) is 3.69. The quantitative estimate of drug-likeness (QED) is 0.843. The summed E-state index contributed by atoms with van der Waals surface area (Å²) in [5.74, 6) is -1.18. The molecule has 2 aromatic rings. The van der Waals surface area contributed by atoms with E-state index in [1.807, 2.05) is 0 Å². The number of carbonyl (C=O) groups excluding carboxylic acids is 2. The predicted molar refractivity (Wildman–Crippen MR) is 94.1 cm³/mol. The van der Waals surface area contributed by atoms with Crippen LogP contribution < -0.4 is 10.2 Å². The highest BCUT2D eigenvalue weighted by molar-refractivity contribution is 6.35. The molecule has 0 atom stereocenters. The number of rotatable bonds is 5. The Bertz CT molecular complexity index is 748. The van der Waals surface area contributed by atoms with Crippen LogP contribution in [0.15, 0.2) is 42.5 Å². The Morgan fingerprint density at radius 2 is 1.75 bits per heavy atom. The predicted octanol–water partition coefficient (Wildman–Crippen LogP) is 4.51. The number of carbonyl (C=O) groups is 2. The van der Waals surface area contributed by atoms with Crippen LogP contribution in [0.25, 0.3) is 0 Å². The smallest absolute Gasteiger partial charge is 0.226 e. The number of nitrogens with one attached hydrogen (secondary N) is 1. The maximum atomic E-state index is 13.5. The van der Waals surface area contributed by atoms with Crippen LogP contribution in [-0.4, -0.2) is 18.4 Å². The molecule has 0 saturated carbocycles. The van der Waals surface area contributed by atoms with E-state index in [0.29, 0.717) is 15.7 Å². The van der Waals surface area contributed by atoms with Crippen LogP contribution in [0.5, 0.6) is 0 Å². The van der Waals surface area contributed by atoms with Crippen molar-refractivity contribution in [1.82, 2.24) is 0 Å². The van der Waals surface area contributed by atoms with E-state index in [0.717, 1.165) is 0 Å². The van der Waals surface area contributed by atoms with E-state index in [4.69, 9.17) is 23.2 Å². The number of para-hydroxylation sites is 1. The van der Waals surface area contributed by atoms with Gasteiger partial charge in [-0.3, -0.25) is 9.59 Å². The summed E-state index contributed by atoms with van der Waals surface area (Å²) in [5.41, 5.74) is 0.598. The molecule has 0 saturated heterocycles. The van der Waals surface area contributed by atoms with Crippen molar-refractivity contribution < 1.29 is 14.0 Å². The maximum Gasteiger partial charge on any atom is 0.226 e. The van der Waals surface area contributed by atoms with Gasteiger partial charge < -0.3 is 10.2 Å². The zero-order valence-electron chi connectivity index (χ0n) is 12.9. The Labute approximate surface area is 149 Å². The van der Waals surface area contributed by atoms with Gasteiger partial charge in [-0.25, -0.2) is 4.39 Å². The molecule has 0 unspecified atom stereocenters. The standard InChI is InChI=1S/C17H15Cl2FN2O2/c1-11(23)22(14-9-12(18)8-13(19)10-14)7-6-17(24)21-16-5-3-2-4-15(16)20/h2-5,8-10H,6-7H2,1H3,(H,21,24). The maximum absolute atomic E-state index is 13.5. The number of halogens is 3. The number of amides is 2. The minimum absolute atomic E-state index is 0.00194. The molecule has 0 aliphatic rings. The molecule has 2 aromatic carbocycles. The lowest BCUT2D eigenvalue weighted by molar-refractivity contribution is -0.117. The van der Waals surface area contributed by atoms with Crippen LogP contribution in [0.1, 0.15) is 13.3 Å². The third kappa shape index (κ3) is 4.94. The molecule has 4 nitrogen and oxygen atoms in total. The molecule has 0 fully saturated rings. The van der Waals surface area contributed by atoms with Crippen LogP contribution in [0.2, 0.25) is 10.0 Å². The summed E-state index contributed by atoms with van der Waals surface area (Å²) in [5, 5.41) is 3.25. The van der Waals surface area contributed by atoms with Gasteiger partial charge in [-0.1, -0.05) is 35.3 Å². The van der Waals surface area contributed by atoms with Gasteiger partial charge in [0.25, 0.3) is 0 Å². The SMILES string of the molecule is CC(=O)N(CCC(=O)Nc1ccccc1F)c1cc(Cl)cc(Cl)c1. The van der Waals surface area contributed by atoms with Crippen molar-refractivity contribution in [3.63, 3.8) is 0 Å². The highest BCUT2D eigenvalue weighted by Gasteiger charge is 2.15. The first-order chi connectivity index (χ1) is 11.4. The lowest BCUT2D eigenvalue weighted by atomic mass is 10.2. The summed E-state index contributed by atoms with van der Waals surface area (Å²) in [6.45, 7) is 1.50. The van der Waals surface area contributed by atoms with Crippen LogP contribution in [-0.2, 0) is 9.59 Å². The fraction of sp³-hybridized carbons (Fsp3) is 0.176. The van der Waals surface area contributed by atoms with E-state index < -0.39 is 11.7 Å². The molecule has 0 aliphatic heterocycles. The molecule has 0 radical (unpaired) electrons. The van der Waals surface area contributed by atoms with Gasteiger partial charge in [-0.2, -0.15) is 0 Å². The van der Waals surface area contributed by atoms with E-state index in [9.17, 15) is 14.0 Å². The Hall–Kier alpha value is -2.11. The lowest BCUT2D eigenvalue weighted by Gasteiger charge is -2.21. The van der Waals surface area contributed by atoms with Crippen molar-refractivity contribution >= 4 is 46.4 Å². The topological polar surface area (TPSA) is 49.4 Å². The minimum Gasteiger partial charge on any atom is -0.324 e. The number of benzene rings is 2. The monoisotopic (exact) mass is 368 g/mol. The summed E-state index contributed by atoms with van der Waals surface area (Å²) < 4.78 is 13.5. The molecule has 24 heavy (non-hydrogen) atoms. The Balaban J connectivity index is 2.05. The molecule has 0 bridgehead atoms. The zero-order chi connectivity index (χ0) is 17.7. The first kappa shape index (κ1) is 18.2. The van der Waals surface area contributed by atoms with Crippen LogP contribution in [0.3, 0.4) is 0 Å². The second kappa shape index (κ2) is 8.13. The molecule has 2 rings (SSSR count). The number of anilines is 2. The summed E-state index contributed by atoms with van der Waals surface area (Å²) >= 11 is 11.9. The van der Waals surface area contributed by atoms with Crippen LogP contribution >= 0.6 is 23.2 Å². The largest absolute Gasteiger partial charge is 0.324 e. The van der Waals surface area contributed by atoms with Gasteiger partial charge in [0.1, 0.15) is 5.82 Å². The average molecular weight is 369 g/mol. The first-order valence-electron chi connectivity index (χ1n) is 7.15. The minimum atomic E-state index is -0.518. The van der Waals surface area contributed by atoms with E-state index >= 15 is 0 Å². The van der Waals surface area contributed by atoms with Crippen molar-refractivity contribution in [1.29, 1.82) is 0 Å². The van der Waals surface area contributed by atoms with Crippen LogP contribution in [0.4, 0.5) is 15.8 Å². The Morgan fingerprint density at radius 3 is 2.33 bits per heavy atom. The van der Waals surface area contributed by atoms with Gasteiger partial charge in [0.05, 0.1) is 5.69 Å². The molecular formula is C17H15Cl2FN2O2. The third-order valence-electron chi connectivity index (χ3n) is 3.25. The summed E-state index contributed by atoms with van der Waals surface area (Å²) in [7, 11) is 0. The molecule has 0 aromatic heterocycles. The Morgan fingerprint density at radius 1 is 1.12 bits per heavy atom. The van der Waals surface area contributed by atoms with Crippen molar-refractivity contribution in [3.8, 4) is 0 Å². The van der Waals surface area contributed by atoms with Gasteiger partial charge in [0, 0.05) is 35.6 Å². The molecule has 0 spiro atoms. The number of hydrogen-bond acceptors (Lipinski definition) is 2. The normalized spacial score (nSPS) is 10.3. The van der Waals surface area contributed by atoms with Gasteiger partial charge in [-0.05, 0) is 30.3 Å². The molecular weight excluding hydrogens is 354 g/mol. The summed E-state index contributed by atoms with van der Waals surface area (Å²) in [6, 6.07) is 10.6. The highest BCUT2D eigenvalue weighted by atomic mass is 35.5. The van der Waals surface area contributed by atoms with Crippen LogP contribution in [0, 0.1) is 5.82 Å². The van der Waals surface area contributed by atoms with Gasteiger partial charge in [-0.15, -0.1) is 0 Å². The molecule has 1 N–H and O–H groups in total. The fourth-order valence-electron chi connectivity index (χ4n) is 2.15. The second-order valence-electron chi connectivity index (χ2n) is 5.08. The van der Waals surface area contributed by atoms with Gasteiger partial charge in [0.2, 0.25) is 11.8 Å². The van der Waals surface area contributed by atoms with E-state index in [1.54, 1.807) is 24.3 Å². The van der Waals surface area contributed by atoms with Gasteiger partial charge >= 0.3 is 0 Å². The van der Waals surface area contributed by atoms with E-state index in [-0.39, 0.29) is 24.6 Å². The van der Waals surface area contributed by atoms with E-state index in [2.05, 4.69) is 5.32 Å². The molecule has 0 heterocycles. The fourth-order valence-corrected chi connectivity index (χ4v) is 2.67. The average Bonchev–Trinajstić information content (AvgIpc) is 2.48. The van der Waals surface area contributed by atoms with Crippen molar-refractivity contribution in [2.24, 2.45) is 0 Å². The van der Waals surface area contributed by atoms with Crippen molar-refractivity contribution in [3.05, 3.63) is 58.3 Å². The second-order valence-corrected chi connectivity index (χ2v) is 5.95. The number of hydrogen-bond donors (Lipinski definition) is 1. The summed E-state index contributed by atoms with van der Waals surface area (Å²) in [6.07, 6.45) is -0.00194. The van der Waals surface area contributed by atoms with Gasteiger partial charge in [0.15, 0.2) is 0 Å². The summed E-state index contributed by atoms with van der Waals surface area (Å²) in [4.78, 5) is 25.2. The Kier molecular flexibility index (Phi) is 6.17. The number of nitrogens with zero attached hydrogens (tertiary/aromatic N) is 1. The van der Waals surface area contributed by atoms with Crippen molar-refractivity contribution in [2.45, 2.75) is 13.3 Å². The zero-order valence-corrected chi connectivity index (χ0v) is 14.4. The molecule has 0 aliphatic carbocycles. The highest BCUT2D eigenvalue weighted by Crippen LogP contribution is 2.26.